The lowest BCUT2D eigenvalue weighted by atomic mass is 10.0. The van der Waals surface area contributed by atoms with Crippen LogP contribution in [0.15, 0.2) is 63.6 Å². The van der Waals surface area contributed by atoms with Crippen LogP contribution in [0.4, 0.5) is 11.6 Å². The number of halogens is 3. The molecule has 0 atom stereocenters. The van der Waals surface area contributed by atoms with Gasteiger partial charge in [0.1, 0.15) is 28.7 Å². The first-order valence-corrected chi connectivity index (χ1v) is 17.1. The molecule has 0 spiro atoms. The van der Waals surface area contributed by atoms with Crippen molar-refractivity contribution in [2.75, 3.05) is 51.4 Å². The van der Waals surface area contributed by atoms with E-state index in [0.29, 0.717) is 31.7 Å². The fourth-order valence-corrected chi connectivity index (χ4v) is 5.50. The first-order chi connectivity index (χ1) is 22.4. The Labute approximate surface area is 307 Å². The minimum absolute atomic E-state index is 0. The molecule has 2 aromatic heterocycles. The Balaban J connectivity index is 0.000000379. The third kappa shape index (κ3) is 12.6. The number of carbonyl (C=O) groups is 2. The van der Waals surface area contributed by atoms with Gasteiger partial charge in [-0.3, -0.25) is 14.4 Å². The summed E-state index contributed by atoms with van der Waals surface area (Å²) in [7, 11) is 6.00. The highest BCUT2D eigenvalue weighted by Crippen LogP contribution is 2.28. The van der Waals surface area contributed by atoms with Crippen LogP contribution in [0.2, 0.25) is 10.0 Å². The van der Waals surface area contributed by atoms with Gasteiger partial charge in [0.25, 0.3) is 5.91 Å². The van der Waals surface area contributed by atoms with Gasteiger partial charge in [-0.15, -0.1) is 0 Å². The van der Waals surface area contributed by atoms with Crippen LogP contribution in [0.5, 0.6) is 11.5 Å². The molecule has 4 aromatic rings. The number of carbonyl (C=O) groups excluding carboxylic acids is 2. The second-order valence-electron chi connectivity index (χ2n) is 8.71. The van der Waals surface area contributed by atoms with Gasteiger partial charge in [-0.1, -0.05) is 68.0 Å². The number of hydroxylamine groups is 2. The van der Waals surface area contributed by atoms with Crippen molar-refractivity contribution >= 4 is 86.0 Å². The van der Waals surface area contributed by atoms with E-state index in [-0.39, 0.29) is 41.9 Å². The predicted molar refractivity (Wildman–Crippen MR) is 199 cm³/mol. The van der Waals surface area contributed by atoms with Gasteiger partial charge in [0.2, 0.25) is 5.78 Å². The highest BCUT2D eigenvalue weighted by molar-refractivity contribution is 9.10. The van der Waals surface area contributed by atoms with E-state index >= 15 is 0 Å². The largest absolute Gasteiger partial charge is 0.496 e. The maximum Gasteiger partial charge on any atom is 0.282 e. The van der Waals surface area contributed by atoms with Crippen molar-refractivity contribution in [3.63, 3.8) is 0 Å². The highest BCUT2D eigenvalue weighted by Gasteiger charge is 2.19. The van der Waals surface area contributed by atoms with Crippen LogP contribution in [-0.2, 0) is 4.84 Å². The topological polar surface area (TPSA) is 169 Å². The number of hydrogen-bond acceptors (Lipinski definition) is 13. The number of rotatable bonds is 10. The van der Waals surface area contributed by atoms with E-state index in [4.69, 9.17) is 49.0 Å². The number of amides is 1. The van der Waals surface area contributed by atoms with Gasteiger partial charge in [-0.25, -0.2) is 25.0 Å². The minimum atomic E-state index is -0.368. The van der Waals surface area contributed by atoms with E-state index in [2.05, 4.69) is 35.9 Å². The van der Waals surface area contributed by atoms with Crippen LogP contribution in [0, 0.1) is 0 Å². The Morgan fingerprint density at radius 3 is 1.73 bits per heavy atom. The second-order valence-corrected chi connectivity index (χ2v) is 12.9. The van der Waals surface area contributed by atoms with E-state index < -0.39 is 0 Å². The molecule has 0 unspecified atom stereocenters. The molecule has 0 aliphatic rings. The summed E-state index contributed by atoms with van der Waals surface area (Å²) in [5.74, 6) is 2.53. The normalized spacial score (nSPS) is 9.94. The summed E-state index contributed by atoms with van der Waals surface area (Å²) >= 11 is 17.8. The molecule has 0 aliphatic heterocycles. The standard InChI is InChI=1S/C14H14ClN3O2S.C9H14N4O2S.C7H6BrClO.CH4/c1-3-21-14-17-7-10(13(16)18-14)12(19)9-6-8(15)4-5-11(9)20-2;1-4-16-9-11-5-6(7(10)12-9)8(14)13(2)15-3;1-10-7-3-2-5(9)4-6(7)8;/h4-7H,3H2,1-2H3,(H2,16,17,18);5H,4H2,1-3H3,(H2,10,11,12);2-4H,1H3;1H4. The molecule has 4 rings (SSSR count). The summed E-state index contributed by atoms with van der Waals surface area (Å²) < 4.78 is 11.1. The van der Waals surface area contributed by atoms with Gasteiger partial charge >= 0.3 is 0 Å². The first kappa shape index (κ1) is 42.7. The Hall–Kier alpha value is -3.34. The van der Waals surface area contributed by atoms with Crippen LogP contribution in [0.3, 0.4) is 0 Å². The summed E-state index contributed by atoms with van der Waals surface area (Å²) in [6, 6.07) is 10.2. The van der Waals surface area contributed by atoms with Crippen molar-refractivity contribution in [2.24, 2.45) is 0 Å². The lowest BCUT2D eigenvalue weighted by Gasteiger charge is -2.14. The molecule has 12 nitrogen and oxygen atoms in total. The van der Waals surface area contributed by atoms with Crippen LogP contribution < -0.4 is 20.9 Å². The zero-order valence-corrected chi connectivity index (χ0v) is 31.1. The third-order valence-corrected chi connectivity index (χ3v) is 8.27. The number of benzene rings is 2. The van der Waals surface area contributed by atoms with Gasteiger partial charge in [0.05, 0.1) is 36.9 Å². The number of ketones is 1. The first-order valence-electron chi connectivity index (χ1n) is 13.6. The molecule has 0 saturated heterocycles. The molecular weight excluding hydrogens is 765 g/mol. The zero-order valence-electron chi connectivity index (χ0n) is 26.4. The molecule has 0 saturated carbocycles. The maximum atomic E-state index is 12.6. The summed E-state index contributed by atoms with van der Waals surface area (Å²) in [6.07, 6.45) is 2.85. The molecule has 4 N–H and O–H groups in total. The van der Waals surface area contributed by atoms with E-state index in [1.54, 1.807) is 31.4 Å². The van der Waals surface area contributed by atoms with Crippen molar-refractivity contribution in [3.8, 4) is 11.5 Å². The smallest absolute Gasteiger partial charge is 0.282 e. The lowest BCUT2D eigenvalue weighted by Crippen LogP contribution is -2.26. The fraction of sp³-hybridized carbons (Fsp3) is 0.290. The van der Waals surface area contributed by atoms with Gasteiger partial charge in [-0.05, 0) is 63.8 Å². The zero-order chi connectivity index (χ0) is 35.1. The average Bonchev–Trinajstić information content (AvgIpc) is 3.05. The Kier molecular flexibility index (Phi) is 19.2. The van der Waals surface area contributed by atoms with Crippen LogP contribution >= 0.6 is 62.7 Å². The number of aromatic nitrogens is 4. The number of methoxy groups -OCH3 is 2. The number of thioether (sulfide) groups is 2. The Morgan fingerprint density at radius 2 is 1.29 bits per heavy atom. The number of nitrogen functional groups attached to an aromatic ring is 2. The fourth-order valence-electron chi connectivity index (χ4n) is 3.39. The second kappa shape index (κ2) is 21.6. The monoisotopic (exact) mass is 801 g/mol. The maximum absolute atomic E-state index is 12.6. The molecule has 0 aliphatic carbocycles. The van der Waals surface area contributed by atoms with Gasteiger partial charge in [0, 0.05) is 29.5 Å². The average molecular weight is 804 g/mol. The summed E-state index contributed by atoms with van der Waals surface area (Å²) in [5.41, 5.74) is 12.3. The molecule has 48 heavy (non-hydrogen) atoms. The number of anilines is 2. The molecule has 1 amide bonds. The predicted octanol–water partition coefficient (Wildman–Crippen LogP) is 7.62. The highest BCUT2D eigenvalue weighted by atomic mass is 79.9. The van der Waals surface area contributed by atoms with Crippen LogP contribution in [-0.4, -0.2) is 76.6 Å². The van der Waals surface area contributed by atoms with Crippen molar-refractivity contribution in [1.82, 2.24) is 25.0 Å². The molecule has 0 fully saturated rings. The minimum Gasteiger partial charge on any atom is -0.496 e. The molecule has 0 bridgehead atoms. The SMILES string of the molecule is C.CCSc1ncc(C(=O)N(C)OC)c(N)n1.CCSc1ncc(C(=O)c2cc(Cl)ccc2OC)c(N)n1.COc1ccc(Cl)cc1Br. The van der Waals surface area contributed by atoms with E-state index in [1.165, 1.54) is 63.3 Å². The van der Waals surface area contributed by atoms with Crippen LogP contribution in [0.1, 0.15) is 47.6 Å². The van der Waals surface area contributed by atoms with Gasteiger partial charge < -0.3 is 20.9 Å². The number of ether oxygens (including phenoxy) is 2. The summed E-state index contributed by atoms with van der Waals surface area (Å²) in [6.45, 7) is 3.97. The van der Waals surface area contributed by atoms with E-state index in [0.717, 1.165) is 26.8 Å². The quantitative estimate of drug-likeness (QED) is 0.0696. The number of nitrogens with zero attached hydrogens (tertiary/aromatic N) is 5. The Bertz CT molecular complexity index is 1670. The lowest BCUT2D eigenvalue weighted by molar-refractivity contribution is -0.0756. The van der Waals surface area contributed by atoms with Gasteiger partial charge in [-0.2, -0.15) is 0 Å². The van der Waals surface area contributed by atoms with Crippen molar-refractivity contribution in [3.05, 3.63) is 80.0 Å². The third-order valence-electron chi connectivity index (χ3n) is 5.69. The summed E-state index contributed by atoms with van der Waals surface area (Å²) in [4.78, 5) is 45.3. The van der Waals surface area contributed by atoms with Crippen molar-refractivity contribution in [2.45, 2.75) is 31.6 Å². The molecular formula is C31H38BrCl2N7O5S2. The summed E-state index contributed by atoms with van der Waals surface area (Å²) in [5, 5.41) is 3.33. The van der Waals surface area contributed by atoms with Crippen LogP contribution in [0.25, 0.3) is 0 Å². The molecule has 2 aromatic carbocycles. The molecule has 2 heterocycles. The molecule has 260 valence electrons. The number of nitrogens with two attached hydrogens (primary N) is 2. The number of hydrogen-bond donors (Lipinski definition) is 2. The van der Waals surface area contributed by atoms with Crippen molar-refractivity contribution in [1.29, 1.82) is 0 Å². The molecule has 0 radical (unpaired) electrons. The van der Waals surface area contributed by atoms with Crippen molar-refractivity contribution < 1.29 is 23.9 Å². The van der Waals surface area contributed by atoms with E-state index in [1.807, 2.05) is 19.9 Å². The molecule has 17 heteroatoms. The van der Waals surface area contributed by atoms with E-state index in [9.17, 15) is 9.59 Å². The Morgan fingerprint density at radius 1 is 0.812 bits per heavy atom. The van der Waals surface area contributed by atoms with Gasteiger partial charge in [0.15, 0.2) is 10.3 Å².